The van der Waals surface area contributed by atoms with Crippen molar-refractivity contribution >= 4 is 23.2 Å². The summed E-state index contributed by atoms with van der Waals surface area (Å²) in [5.41, 5.74) is 0.309. The molecule has 0 radical (unpaired) electrons. The van der Waals surface area contributed by atoms with Gasteiger partial charge in [0.2, 0.25) is 5.01 Å². The molecule has 0 aliphatic heterocycles. The van der Waals surface area contributed by atoms with Crippen molar-refractivity contribution in [1.82, 2.24) is 10.3 Å². The van der Waals surface area contributed by atoms with Crippen LogP contribution in [0.1, 0.15) is 66.2 Å². The highest BCUT2D eigenvalue weighted by Gasteiger charge is 2.26. The number of carbonyl (C=O) groups is 2. The van der Waals surface area contributed by atoms with Gasteiger partial charge in [0, 0.05) is 11.4 Å². The molecule has 6 heteroatoms. The molecule has 1 amide bonds. The molecule has 2 unspecified atom stereocenters. The number of thiazole rings is 1. The van der Waals surface area contributed by atoms with Crippen LogP contribution in [-0.4, -0.2) is 29.5 Å². The summed E-state index contributed by atoms with van der Waals surface area (Å²) in [7, 11) is 0. The molecule has 0 spiro atoms. The van der Waals surface area contributed by atoms with E-state index >= 15 is 0 Å². The minimum atomic E-state index is -0.467. The molecule has 1 saturated carbocycles. The fraction of sp³-hybridized carbons (Fsp3) is 0.667. The summed E-state index contributed by atoms with van der Waals surface area (Å²) in [4.78, 5) is 27.9. The van der Waals surface area contributed by atoms with Crippen molar-refractivity contribution in [2.75, 3.05) is 6.61 Å². The van der Waals surface area contributed by atoms with Crippen LogP contribution in [0.25, 0.3) is 0 Å². The van der Waals surface area contributed by atoms with E-state index in [-0.39, 0.29) is 17.0 Å². The minimum Gasteiger partial charge on any atom is -0.461 e. The van der Waals surface area contributed by atoms with Crippen LogP contribution in [0.3, 0.4) is 0 Å². The predicted molar refractivity (Wildman–Crippen MR) is 81.6 cm³/mol. The maximum atomic E-state index is 12.2. The molecule has 1 fully saturated rings. The number of hydrogen-bond acceptors (Lipinski definition) is 5. The molecular weight excluding hydrogens is 288 g/mol. The molecule has 1 N–H and O–H groups in total. The van der Waals surface area contributed by atoms with Gasteiger partial charge in [-0.1, -0.05) is 26.2 Å². The van der Waals surface area contributed by atoms with E-state index in [1.165, 1.54) is 12.8 Å². The zero-order valence-electron chi connectivity index (χ0n) is 12.6. The topological polar surface area (TPSA) is 68.3 Å². The Morgan fingerprint density at radius 3 is 2.86 bits per heavy atom. The van der Waals surface area contributed by atoms with Crippen LogP contribution in [0.5, 0.6) is 0 Å². The van der Waals surface area contributed by atoms with Crippen molar-refractivity contribution < 1.29 is 14.3 Å². The first-order valence-corrected chi connectivity index (χ1v) is 8.47. The van der Waals surface area contributed by atoms with E-state index in [0.29, 0.717) is 18.2 Å². The Hall–Kier alpha value is -1.43. The van der Waals surface area contributed by atoms with Gasteiger partial charge in [0.05, 0.1) is 6.61 Å². The van der Waals surface area contributed by atoms with E-state index in [0.717, 1.165) is 30.6 Å². The van der Waals surface area contributed by atoms with Crippen molar-refractivity contribution in [3.63, 3.8) is 0 Å². The van der Waals surface area contributed by atoms with Crippen molar-refractivity contribution in [2.24, 2.45) is 5.92 Å². The average molecular weight is 310 g/mol. The molecule has 0 aromatic carbocycles. The first kappa shape index (κ1) is 15.9. The van der Waals surface area contributed by atoms with E-state index < -0.39 is 5.97 Å². The van der Waals surface area contributed by atoms with Gasteiger partial charge >= 0.3 is 5.97 Å². The number of carbonyl (C=O) groups excluding carboxylic acids is 2. The number of amides is 1. The zero-order valence-corrected chi connectivity index (χ0v) is 13.4. The second-order valence-electron chi connectivity index (χ2n) is 5.29. The number of rotatable bonds is 5. The van der Waals surface area contributed by atoms with Crippen molar-refractivity contribution in [1.29, 1.82) is 0 Å². The minimum absolute atomic E-state index is 0.188. The third-order valence-electron chi connectivity index (χ3n) is 3.94. The Bertz CT molecular complexity index is 501. The monoisotopic (exact) mass is 310 g/mol. The van der Waals surface area contributed by atoms with Gasteiger partial charge in [0.25, 0.3) is 5.91 Å². The number of ether oxygens (including phenoxy) is 1. The fourth-order valence-electron chi connectivity index (χ4n) is 2.79. The standard InChI is InChI=1S/C15H22N2O3S/c1-3-10-7-5-6-8-11(10)16-13(18)12-9-21-14(17-12)15(19)20-4-2/h9-11H,3-8H2,1-2H3,(H,16,18). The molecule has 1 aromatic heterocycles. The Kier molecular flexibility index (Phi) is 5.73. The normalized spacial score (nSPS) is 21.8. The lowest BCUT2D eigenvalue weighted by Gasteiger charge is -2.31. The molecule has 2 rings (SSSR count). The van der Waals surface area contributed by atoms with Gasteiger partial charge in [-0.25, -0.2) is 9.78 Å². The highest BCUT2D eigenvalue weighted by Crippen LogP contribution is 2.27. The molecular formula is C15H22N2O3S. The van der Waals surface area contributed by atoms with Crippen LogP contribution in [-0.2, 0) is 4.74 Å². The van der Waals surface area contributed by atoms with E-state index in [1.54, 1.807) is 12.3 Å². The third-order valence-corrected chi connectivity index (χ3v) is 4.76. The van der Waals surface area contributed by atoms with Gasteiger partial charge < -0.3 is 10.1 Å². The van der Waals surface area contributed by atoms with Crippen LogP contribution >= 0.6 is 11.3 Å². The van der Waals surface area contributed by atoms with Crippen molar-refractivity contribution in [3.8, 4) is 0 Å². The van der Waals surface area contributed by atoms with Crippen LogP contribution in [0.4, 0.5) is 0 Å². The molecule has 1 aromatic rings. The summed E-state index contributed by atoms with van der Waals surface area (Å²) < 4.78 is 4.88. The van der Waals surface area contributed by atoms with Crippen LogP contribution in [0.15, 0.2) is 5.38 Å². The second-order valence-corrected chi connectivity index (χ2v) is 6.15. The Morgan fingerprint density at radius 1 is 1.38 bits per heavy atom. The molecule has 2 atom stereocenters. The maximum Gasteiger partial charge on any atom is 0.367 e. The predicted octanol–water partition coefficient (Wildman–Crippen LogP) is 3.02. The van der Waals surface area contributed by atoms with Gasteiger partial charge in [0.15, 0.2) is 0 Å². The number of nitrogens with one attached hydrogen (secondary N) is 1. The van der Waals surface area contributed by atoms with Gasteiger partial charge in [-0.2, -0.15) is 0 Å². The van der Waals surface area contributed by atoms with E-state index in [9.17, 15) is 9.59 Å². The van der Waals surface area contributed by atoms with E-state index in [1.807, 2.05) is 0 Å². The highest BCUT2D eigenvalue weighted by atomic mass is 32.1. The molecule has 21 heavy (non-hydrogen) atoms. The second kappa shape index (κ2) is 7.54. The van der Waals surface area contributed by atoms with Crippen molar-refractivity contribution in [3.05, 3.63) is 16.1 Å². The molecule has 116 valence electrons. The SMILES string of the molecule is CCOC(=O)c1nc(C(=O)NC2CCCCC2CC)cs1. The molecule has 0 bridgehead atoms. The lowest BCUT2D eigenvalue weighted by molar-refractivity contribution is 0.0526. The maximum absolute atomic E-state index is 12.2. The summed E-state index contributed by atoms with van der Waals surface area (Å²) in [6, 6.07) is 0.226. The highest BCUT2D eigenvalue weighted by molar-refractivity contribution is 7.11. The fourth-order valence-corrected chi connectivity index (χ4v) is 3.48. The Balaban J connectivity index is 1.98. The number of hydrogen-bond donors (Lipinski definition) is 1. The summed E-state index contributed by atoms with van der Waals surface area (Å²) in [5, 5.41) is 4.92. The van der Waals surface area contributed by atoms with Crippen molar-refractivity contribution in [2.45, 2.75) is 52.0 Å². The van der Waals surface area contributed by atoms with Gasteiger partial charge in [-0.15, -0.1) is 11.3 Å². The van der Waals surface area contributed by atoms with Gasteiger partial charge in [0.1, 0.15) is 5.69 Å². The summed E-state index contributed by atoms with van der Waals surface area (Å²) in [6.07, 6.45) is 5.68. The lowest BCUT2D eigenvalue weighted by atomic mass is 9.83. The quantitative estimate of drug-likeness (QED) is 0.849. The number of esters is 1. The number of nitrogens with zero attached hydrogens (tertiary/aromatic N) is 1. The van der Waals surface area contributed by atoms with Crippen LogP contribution in [0, 0.1) is 5.92 Å². The van der Waals surface area contributed by atoms with Crippen LogP contribution < -0.4 is 5.32 Å². The molecule has 1 aliphatic carbocycles. The smallest absolute Gasteiger partial charge is 0.367 e. The first-order valence-electron chi connectivity index (χ1n) is 7.59. The molecule has 0 saturated heterocycles. The van der Waals surface area contributed by atoms with E-state index in [4.69, 9.17) is 4.74 Å². The van der Waals surface area contributed by atoms with Crippen LogP contribution in [0.2, 0.25) is 0 Å². The molecule has 5 nitrogen and oxygen atoms in total. The number of aromatic nitrogens is 1. The first-order chi connectivity index (χ1) is 10.2. The zero-order chi connectivity index (χ0) is 15.2. The molecule has 1 aliphatic rings. The van der Waals surface area contributed by atoms with Gasteiger partial charge in [-0.3, -0.25) is 4.79 Å². The molecule has 1 heterocycles. The third kappa shape index (κ3) is 4.03. The largest absolute Gasteiger partial charge is 0.461 e. The van der Waals surface area contributed by atoms with Gasteiger partial charge in [-0.05, 0) is 25.7 Å². The van der Waals surface area contributed by atoms with E-state index in [2.05, 4.69) is 17.2 Å². The summed E-state index contributed by atoms with van der Waals surface area (Å²) in [5.74, 6) is -0.108. The Morgan fingerprint density at radius 2 is 2.14 bits per heavy atom. The summed E-state index contributed by atoms with van der Waals surface area (Å²) in [6.45, 7) is 4.21. The average Bonchev–Trinajstić information content (AvgIpc) is 2.98. The Labute approximate surface area is 129 Å². The summed E-state index contributed by atoms with van der Waals surface area (Å²) >= 11 is 1.15. The lowest BCUT2D eigenvalue weighted by Crippen LogP contribution is -2.42.